The van der Waals surface area contributed by atoms with Crippen LogP contribution in [-0.2, 0) is 6.54 Å². The Morgan fingerprint density at radius 3 is 2.71 bits per heavy atom. The molecule has 4 rings (SSSR count). The number of amides is 1. The lowest BCUT2D eigenvalue weighted by atomic mass is 10.2. The highest BCUT2D eigenvalue weighted by Crippen LogP contribution is 2.25. The van der Waals surface area contributed by atoms with Crippen LogP contribution in [0.4, 0.5) is 0 Å². The van der Waals surface area contributed by atoms with Gasteiger partial charge in [0, 0.05) is 30.2 Å². The molecule has 7 heteroatoms. The quantitative estimate of drug-likeness (QED) is 0.532. The van der Waals surface area contributed by atoms with Crippen LogP contribution < -0.4 is 10.1 Å². The Morgan fingerprint density at radius 1 is 0.964 bits per heavy atom. The van der Waals surface area contributed by atoms with E-state index in [-0.39, 0.29) is 12.5 Å². The number of aromatic nitrogens is 3. The van der Waals surface area contributed by atoms with Crippen molar-refractivity contribution in [2.75, 3.05) is 0 Å². The van der Waals surface area contributed by atoms with Crippen LogP contribution in [0.5, 0.6) is 11.6 Å². The van der Waals surface area contributed by atoms with Crippen LogP contribution in [0, 0.1) is 0 Å². The maximum atomic E-state index is 12.6. The second-order valence-corrected chi connectivity index (χ2v) is 6.76. The minimum Gasteiger partial charge on any atom is -0.439 e. The lowest BCUT2D eigenvalue weighted by Crippen LogP contribution is -2.23. The number of benzene rings is 1. The van der Waals surface area contributed by atoms with Crippen molar-refractivity contribution in [1.29, 1.82) is 0 Å². The Kier molecular flexibility index (Phi) is 5.35. The molecule has 0 aliphatic heterocycles. The largest absolute Gasteiger partial charge is 0.439 e. The predicted octanol–water partition coefficient (Wildman–Crippen LogP) is 4.32. The fourth-order valence-corrected chi connectivity index (χ4v) is 3.35. The SMILES string of the molecule is O=C(NCc1nccnc1-c1cccs1)c1cccc(Oc2ccccn2)c1. The average Bonchev–Trinajstić information content (AvgIpc) is 3.28. The van der Waals surface area contributed by atoms with Crippen LogP contribution in [0.2, 0.25) is 0 Å². The normalized spacial score (nSPS) is 10.4. The molecule has 0 saturated heterocycles. The van der Waals surface area contributed by atoms with E-state index >= 15 is 0 Å². The molecule has 0 spiro atoms. The van der Waals surface area contributed by atoms with Gasteiger partial charge in [0.2, 0.25) is 5.88 Å². The zero-order chi connectivity index (χ0) is 19.2. The van der Waals surface area contributed by atoms with Crippen molar-refractivity contribution in [3.63, 3.8) is 0 Å². The third kappa shape index (κ3) is 4.21. The number of carbonyl (C=O) groups is 1. The first-order valence-corrected chi connectivity index (χ1v) is 9.48. The number of rotatable bonds is 6. The van der Waals surface area contributed by atoms with Gasteiger partial charge < -0.3 is 10.1 Å². The van der Waals surface area contributed by atoms with Crippen molar-refractivity contribution in [3.05, 3.63) is 89.8 Å². The van der Waals surface area contributed by atoms with Crippen LogP contribution in [0.15, 0.2) is 78.6 Å². The van der Waals surface area contributed by atoms with Crippen molar-refractivity contribution >= 4 is 17.2 Å². The van der Waals surface area contributed by atoms with Crippen molar-refractivity contribution in [2.45, 2.75) is 6.54 Å². The summed E-state index contributed by atoms with van der Waals surface area (Å²) in [7, 11) is 0. The molecule has 0 unspecified atom stereocenters. The predicted molar refractivity (Wildman–Crippen MR) is 107 cm³/mol. The molecular formula is C21H16N4O2S. The molecule has 3 aromatic heterocycles. The van der Waals surface area contributed by atoms with Gasteiger partial charge >= 0.3 is 0 Å². The number of pyridine rings is 1. The first-order valence-electron chi connectivity index (χ1n) is 8.60. The molecule has 0 radical (unpaired) electrons. The Morgan fingerprint density at radius 2 is 1.89 bits per heavy atom. The van der Waals surface area contributed by atoms with Gasteiger partial charge in [0.05, 0.1) is 17.1 Å². The molecule has 3 heterocycles. The summed E-state index contributed by atoms with van der Waals surface area (Å²) in [4.78, 5) is 26.5. The summed E-state index contributed by atoms with van der Waals surface area (Å²) in [5, 5.41) is 4.89. The third-order valence-corrected chi connectivity index (χ3v) is 4.78. The van der Waals surface area contributed by atoms with Crippen molar-refractivity contribution in [3.8, 4) is 22.2 Å². The molecule has 0 bridgehead atoms. The highest BCUT2D eigenvalue weighted by Gasteiger charge is 2.12. The van der Waals surface area contributed by atoms with E-state index in [1.54, 1.807) is 60.3 Å². The summed E-state index contributed by atoms with van der Waals surface area (Å²) in [6.07, 6.45) is 4.93. The Hall–Kier alpha value is -3.58. The number of nitrogens with one attached hydrogen (secondary N) is 1. The van der Waals surface area contributed by atoms with Gasteiger partial charge in [0.1, 0.15) is 11.4 Å². The summed E-state index contributed by atoms with van der Waals surface area (Å²) in [5.74, 6) is 0.805. The minimum absolute atomic E-state index is 0.214. The number of hydrogen-bond acceptors (Lipinski definition) is 6. The van der Waals surface area contributed by atoms with Gasteiger partial charge in [-0.15, -0.1) is 11.3 Å². The highest BCUT2D eigenvalue weighted by atomic mass is 32.1. The zero-order valence-electron chi connectivity index (χ0n) is 14.8. The fraction of sp³-hybridized carbons (Fsp3) is 0.0476. The molecule has 6 nitrogen and oxygen atoms in total. The molecule has 0 atom stereocenters. The first kappa shape index (κ1) is 17.8. The second-order valence-electron chi connectivity index (χ2n) is 5.81. The van der Waals surface area contributed by atoms with Crippen molar-refractivity contribution in [1.82, 2.24) is 20.3 Å². The van der Waals surface area contributed by atoms with E-state index < -0.39 is 0 Å². The van der Waals surface area contributed by atoms with Crippen LogP contribution in [0.1, 0.15) is 16.1 Å². The lowest BCUT2D eigenvalue weighted by molar-refractivity contribution is 0.0950. The van der Waals surface area contributed by atoms with Gasteiger partial charge in [0.15, 0.2) is 0 Å². The second kappa shape index (κ2) is 8.41. The minimum atomic E-state index is -0.214. The topological polar surface area (TPSA) is 77.0 Å². The van der Waals surface area contributed by atoms with E-state index in [4.69, 9.17) is 4.74 Å². The summed E-state index contributed by atoms with van der Waals surface area (Å²) >= 11 is 1.59. The molecule has 28 heavy (non-hydrogen) atoms. The van der Waals surface area contributed by atoms with Crippen LogP contribution in [-0.4, -0.2) is 20.9 Å². The molecule has 0 aliphatic rings. The van der Waals surface area contributed by atoms with E-state index in [9.17, 15) is 4.79 Å². The number of ether oxygens (including phenoxy) is 1. The standard InChI is InChI=1S/C21H16N4O2S/c26-21(15-5-3-6-16(13-15)27-19-8-1-2-9-23-19)25-14-17-20(24-11-10-22-17)18-7-4-12-28-18/h1-13H,14H2,(H,25,26). The van der Waals surface area contributed by atoms with E-state index in [1.807, 2.05) is 29.6 Å². The molecule has 1 aromatic carbocycles. The lowest BCUT2D eigenvalue weighted by Gasteiger charge is -2.09. The zero-order valence-corrected chi connectivity index (χ0v) is 15.6. The Bertz CT molecular complexity index is 1070. The summed E-state index contributed by atoms with van der Waals surface area (Å²) in [5.41, 5.74) is 2.00. The summed E-state index contributed by atoms with van der Waals surface area (Å²) < 4.78 is 5.69. The smallest absolute Gasteiger partial charge is 0.251 e. The fourth-order valence-electron chi connectivity index (χ4n) is 2.61. The molecule has 0 aliphatic carbocycles. The highest BCUT2D eigenvalue weighted by molar-refractivity contribution is 7.13. The van der Waals surface area contributed by atoms with E-state index in [2.05, 4.69) is 20.3 Å². The van der Waals surface area contributed by atoms with Gasteiger partial charge in [-0.3, -0.25) is 14.8 Å². The van der Waals surface area contributed by atoms with Crippen molar-refractivity contribution < 1.29 is 9.53 Å². The van der Waals surface area contributed by atoms with E-state index in [0.717, 1.165) is 16.3 Å². The first-order chi connectivity index (χ1) is 13.8. The van der Waals surface area contributed by atoms with E-state index in [0.29, 0.717) is 17.2 Å². The molecule has 1 N–H and O–H groups in total. The van der Waals surface area contributed by atoms with Crippen LogP contribution in [0.3, 0.4) is 0 Å². The van der Waals surface area contributed by atoms with Crippen LogP contribution in [0.25, 0.3) is 10.6 Å². The molecular weight excluding hydrogens is 372 g/mol. The number of nitrogens with zero attached hydrogens (tertiary/aromatic N) is 3. The van der Waals surface area contributed by atoms with Gasteiger partial charge in [-0.1, -0.05) is 18.2 Å². The monoisotopic (exact) mass is 388 g/mol. The molecule has 0 fully saturated rings. The average molecular weight is 388 g/mol. The summed E-state index contributed by atoms with van der Waals surface area (Å²) in [6.45, 7) is 0.283. The third-order valence-electron chi connectivity index (χ3n) is 3.90. The molecule has 0 saturated carbocycles. The Labute approximate surface area is 165 Å². The van der Waals surface area contributed by atoms with Gasteiger partial charge in [0.25, 0.3) is 5.91 Å². The number of thiophene rings is 1. The van der Waals surface area contributed by atoms with E-state index in [1.165, 1.54) is 0 Å². The van der Waals surface area contributed by atoms with Crippen molar-refractivity contribution in [2.24, 2.45) is 0 Å². The van der Waals surface area contributed by atoms with Gasteiger partial charge in [-0.05, 0) is 35.7 Å². The number of carbonyl (C=O) groups excluding carboxylic acids is 1. The molecule has 138 valence electrons. The Balaban J connectivity index is 1.46. The van der Waals surface area contributed by atoms with Gasteiger partial charge in [-0.25, -0.2) is 4.98 Å². The van der Waals surface area contributed by atoms with Gasteiger partial charge in [-0.2, -0.15) is 0 Å². The molecule has 1 amide bonds. The maximum Gasteiger partial charge on any atom is 0.251 e. The summed E-state index contributed by atoms with van der Waals surface area (Å²) in [6, 6.07) is 16.3. The maximum absolute atomic E-state index is 12.6. The number of hydrogen-bond donors (Lipinski definition) is 1. The van der Waals surface area contributed by atoms with Crippen LogP contribution >= 0.6 is 11.3 Å². The molecule has 4 aromatic rings.